The summed E-state index contributed by atoms with van der Waals surface area (Å²) in [5.41, 5.74) is 2.28. The van der Waals surface area contributed by atoms with Gasteiger partial charge < -0.3 is 0 Å². The highest BCUT2D eigenvalue weighted by Crippen LogP contribution is 2.39. The van der Waals surface area contributed by atoms with Gasteiger partial charge in [0.2, 0.25) is 0 Å². The second kappa shape index (κ2) is 4.46. The Morgan fingerprint density at radius 1 is 1.60 bits per heavy atom. The lowest BCUT2D eigenvalue weighted by atomic mass is 10.1. The molecule has 1 aromatic heterocycles. The van der Waals surface area contributed by atoms with Crippen molar-refractivity contribution in [2.75, 3.05) is 0 Å². The summed E-state index contributed by atoms with van der Waals surface area (Å²) in [6, 6.07) is 0. The lowest BCUT2D eigenvalue weighted by Crippen LogP contribution is -2.02. The van der Waals surface area contributed by atoms with Crippen molar-refractivity contribution < 1.29 is 0 Å². The SMILES string of the molecule is Cc1nn(C)c(Cl)c1CCC(Br)C1CC1. The van der Waals surface area contributed by atoms with Crippen molar-refractivity contribution in [1.82, 2.24) is 9.78 Å². The molecule has 0 aliphatic heterocycles. The number of halogens is 2. The van der Waals surface area contributed by atoms with E-state index in [4.69, 9.17) is 11.6 Å². The summed E-state index contributed by atoms with van der Waals surface area (Å²) in [4.78, 5) is 0.660. The molecule has 0 bridgehead atoms. The van der Waals surface area contributed by atoms with Crippen LogP contribution in [0.1, 0.15) is 30.5 Å². The third kappa shape index (κ3) is 2.56. The maximum Gasteiger partial charge on any atom is 0.130 e. The van der Waals surface area contributed by atoms with Crippen molar-refractivity contribution in [3.8, 4) is 0 Å². The summed E-state index contributed by atoms with van der Waals surface area (Å²) < 4.78 is 1.76. The van der Waals surface area contributed by atoms with Crippen molar-refractivity contribution in [2.24, 2.45) is 13.0 Å². The van der Waals surface area contributed by atoms with E-state index in [9.17, 15) is 0 Å². The van der Waals surface area contributed by atoms with E-state index in [1.165, 1.54) is 18.4 Å². The number of nitrogens with zero attached hydrogens (tertiary/aromatic N) is 2. The van der Waals surface area contributed by atoms with E-state index in [-0.39, 0.29) is 0 Å². The Bertz CT molecular complexity index is 358. The summed E-state index contributed by atoms with van der Waals surface area (Å²) >= 11 is 9.93. The molecule has 0 saturated heterocycles. The van der Waals surface area contributed by atoms with Gasteiger partial charge in [-0.2, -0.15) is 5.10 Å². The zero-order chi connectivity index (χ0) is 11.0. The smallest absolute Gasteiger partial charge is 0.130 e. The number of aryl methyl sites for hydroxylation is 2. The molecule has 2 rings (SSSR count). The maximum atomic E-state index is 6.18. The van der Waals surface area contributed by atoms with Crippen LogP contribution in [-0.4, -0.2) is 14.6 Å². The van der Waals surface area contributed by atoms with Crippen LogP contribution in [-0.2, 0) is 13.5 Å². The Kier molecular flexibility index (Phi) is 3.41. The fourth-order valence-corrected chi connectivity index (χ4v) is 2.96. The molecule has 0 spiro atoms. The van der Waals surface area contributed by atoms with Gasteiger partial charge in [0.05, 0.1) is 5.69 Å². The average molecular weight is 292 g/mol. The van der Waals surface area contributed by atoms with Gasteiger partial charge in [-0.15, -0.1) is 0 Å². The van der Waals surface area contributed by atoms with Crippen molar-refractivity contribution in [3.05, 3.63) is 16.4 Å². The van der Waals surface area contributed by atoms with Crippen LogP contribution in [0.3, 0.4) is 0 Å². The molecule has 1 unspecified atom stereocenters. The molecule has 0 amide bonds. The first-order valence-corrected chi connectivity index (χ1v) is 6.71. The van der Waals surface area contributed by atoms with Gasteiger partial charge in [-0.25, -0.2) is 0 Å². The maximum absolute atomic E-state index is 6.18. The summed E-state index contributed by atoms with van der Waals surface area (Å²) in [7, 11) is 1.89. The number of hydrogen-bond acceptors (Lipinski definition) is 1. The summed E-state index contributed by atoms with van der Waals surface area (Å²) in [5.74, 6) is 0.903. The predicted octanol–water partition coefficient (Wildman–Crippen LogP) is 3.49. The van der Waals surface area contributed by atoms with Crippen LogP contribution >= 0.6 is 27.5 Å². The van der Waals surface area contributed by atoms with Crippen LogP contribution in [0.25, 0.3) is 0 Å². The Hall–Kier alpha value is -0.0200. The topological polar surface area (TPSA) is 17.8 Å². The van der Waals surface area contributed by atoms with Gasteiger partial charge in [-0.1, -0.05) is 27.5 Å². The van der Waals surface area contributed by atoms with E-state index in [0.717, 1.165) is 29.6 Å². The minimum absolute atomic E-state index is 0.660. The standard InChI is InChI=1S/C11H16BrClN2/c1-7-9(11(13)15(2)14-7)5-6-10(12)8-3-4-8/h8,10H,3-6H2,1-2H3. The number of aromatic nitrogens is 2. The molecule has 84 valence electrons. The van der Waals surface area contributed by atoms with Crippen LogP contribution in [0.2, 0.25) is 5.15 Å². The zero-order valence-electron chi connectivity index (χ0n) is 9.13. The monoisotopic (exact) mass is 290 g/mol. The largest absolute Gasteiger partial charge is 0.257 e. The number of rotatable bonds is 4. The average Bonchev–Trinajstić information content (AvgIpc) is 2.96. The highest BCUT2D eigenvalue weighted by Gasteiger charge is 2.29. The molecule has 0 aromatic carbocycles. The highest BCUT2D eigenvalue weighted by molar-refractivity contribution is 9.09. The van der Waals surface area contributed by atoms with Gasteiger partial charge in [0, 0.05) is 17.4 Å². The van der Waals surface area contributed by atoms with Crippen LogP contribution in [0, 0.1) is 12.8 Å². The van der Waals surface area contributed by atoms with E-state index in [2.05, 4.69) is 21.0 Å². The Morgan fingerprint density at radius 2 is 2.27 bits per heavy atom. The molecule has 0 radical (unpaired) electrons. The first-order chi connectivity index (χ1) is 7.09. The van der Waals surface area contributed by atoms with E-state index >= 15 is 0 Å². The van der Waals surface area contributed by atoms with E-state index in [0.29, 0.717) is 4.83 Å². The van der Waals surface area contributed by atoms with Crippen LogP contribution in [0.5, 0.6) is 0 Å². The molecule has 2 nitrogen and oxygen atoms in total. The number of hydrogen-bond donors (Lipinski definition) is 0. The first-order valence-electron chi connectivity index (χ1n) is 5.41. The third-order valence-electron chi connectivity index (χ3n) is 3.07. The van der Waals surface area contributed by atoms with Crippen molar-refractivity contribution >= 4 is 27.5 Å². The normalized spacial score (nSPS) is 18.1. The summed E-state index contributed by atoms with van der Waals surface area (Å²) in [6.45, 7) is 2.03. The molecule has 1 aliphatic rings. The second-order valence-corrected chi connectivity index (χ2v) is 5.90. The van der Waals surface area contributed by atoms with Gasteiger partial charge in [0.15, 0.2) is 0 Å². The molecular formula is C11H16BrClN2. The molecular weight excluding hydrogens is 275 g/mol. The quantitative estimate of drug-likeness (QED) is 0.777. The van der Waals surface area contributed by atoms with E-state index < -0.39 is 0 Å². The lowest BCUT2D eigenvalue weighted by Gasteiger charge is -2.07. The van der Waals surface area contributed by atoms with E-state index in [1.54, 1.807) is 4.68 Å². The molecule has 1 saturated carbocycles. The molecule has 4 heteroatoms. The molecule has 15 heavy (non-hydrogen) atoms. The van der Waals surface area contributed by atoms with Crippen molar-refractivity contribution in [1.29, 1.82) is 0 Å². The zero-order valence-corrected chi connectivity index (χ0v) is 11.5. The Morgan fingerprint density at radius 3 is 2.73 bits per heavy atom. The minimum atomic E-state index is 0.660. The molecule has 1 aromatic rings. The van der Waals surface area contributed by atoms with Gasteiger partial charge in [-0.05, 0) is 38.5 Å². The van der Waals surface area contributed by atoms with Crippen molar-refractivity contribution in [3.63, 3.8) is 0 Å². The number of alkyl halides is 1. The fourth-order valence-electron chi connectivity index (χ4n) is 1.93. The summed E-state index contributed by atoms with van der Waals surface area (Å²) in [5, 5.41) is 5.11. The lowest BCUT2D eigenvalue weighted by molar-refractivity contribution is 0.694. The third-order valence-corrected chi connectivity index (χ3v) is 4.75. The van der Waals surface area contributed by atoms with Gasteiger partial charge in [-0.3, -0.25) is 4.68 Å². The second-order valence-electron chi connectivity index (χ2n) is 4.37. The van der Waals surface area contributed by atoms with Crippen LogP contribution in [0.15, 0.2) is 0 Å². The van der Waals surface area contributed by atoms with Gasteiger partial charge >= 0.3 is 0 Å². The minimum Gasteiger partial charge on any atom is -0.257 e. The molecule has 1 aliphatic carbocycles. The van der Waals surface area contributed by atoms with E-state index in [1.807, 2.05) is 14.0 Å². The molecule has 1 heterocycles. The fraction of sp³-hybridized carbons (Fsp3) is 0.727. The molecule has 1 fully saturated rings. The summed E-state index contributed by atoms with van der Waals surface area (Å²) in [6.07, 6.45) is 4.97. The molecule has 1 atom stereocenters. The van der Waals surface area contributed by atoms with Crippen LogP contribution < -0.4 is 0 Å². The molecule has 0 N–H and O–H groups in total. The van der Waals surface area contributed by atoms with Gasteiger partial charge in [0.1, 0.15) is 5.15 Å². The van der Waals surface area contributed by atoms with Crippen molar-refractivity contribution in [2.45, 2.75) is 37.4 Å². The van der Waals surface area contributed by atoms with Crippen LogP contribution in [0.4, 0.5) is 0 Å². The Balaban J connectivity index is 1.97. The first kappa shape index (κ1) is 11.5. The highest BCUT2D eigenvalue weighted by atomic mass is 79.9. The predicted molar refractivity (Wildman–Crippen MR) is 66.7 cm³/mol. The van der Waals surface area contributed by atoms with Gasteiger partial charge in [0.25, 0.3) is 0 Å². The Labute approximate surface area is 104 Å².